The number of carboxylic acid groups (broad SMARTS) is 4. The molecule has 0 saturated carbocycles. The summed E-state index contributed by atoms with van der Waals surface area (Å²) in [6.07, 6.45) is 0. The number of hydrogen-bond donors (Lipinski definition) is 4. The maximum atomic E-state index is 11.4. The van der Waals surface area contributed by atoms with Crippen LogP contribution in [0.15, 0.2) is 0 Å². The fraction of sp³-hybridized carbons (Fsp3) is 0.500. The van der Waals surface area contributed by atoms with Gasteiger partial charge in [-0.3, -0.25) is 9.28 Å². The molecule has 1 unspecified atom stereocenters. The van der Waals surface area contributed by atoms with E-state index in [1.165, 1.54) is 0 Å². The molecule has 14 heteroatoms. The number of nitrogens with zero attached hydrogens (tertiary/aromatic N) is 1. The second-order valence-corrected chi connectivity index (χ2v) is 4.21. The Morgan fingerprint density at radius 3 is 1.25 bits per heavy atom. The van der Waals surface area contributed by atoms with Crippen molar-refractivity contribution >= 4 is 29.7 Å². The van der Waals surface area contributed by atoms with Gasteiger partial charge in [0.15, 0.2) is 31.5 Å². The van der Waals surface area contributed by atoms with E-state index in [9.17, 15) is 29.1 Å². The van der Waals surface area contributed by atoms with Crippen molar-refractivity contribution in [2.24, 2.45) is 0 Å². The molecule has 0 aromatic carbocycles. The standard InChI is InChI=1S/C10H13NO9.H3N.3Na.3H/c1-5(12)9(10(19)20)11(2-6(13)14,3-7(15)16)4-8(17)18;;;;;;;/h9H,2-4H2,1H3,(H3-,13,14,15,16,17,18,19,20);1H3;;;;;;/q;;3*+1;3*-1. The van der Waals surface area contributed by atoms with E-state index in [-0.39, 0.29) is 99.1 Å². The minimum atomic E-state index is -2.20. The summed E-state index contributed by atoms with van der Waals surface area (Å²) >= 11 is 0. The first-order valence-electron chi connectivity index (χ1n) is 5.24. The molecule has 126 valence electrons. The number of ketones is 1. The Balaban J connectivity index is -0.0000000860. The maximum Gasteiger partial charge on any atom is 1.00 e. The molecule has 0 aliphatic carbocycles. The van der Waals surface area contributed by atoms with Crippen LogP contribution >= 0.6 is 0 Å². The van der Waals surface area contributed by atoms with Gasteiger partial charge in [0.1, 0.15) is 5.97 Å². The van der Waals surface area contributed by atoms with Crippen LogP contribution in [0.5, 0.6) is 0 Å². The molecule has 0 bridgehead atoms. The molecule has 0 saturated heterocycles. The van der Waals surface area contributed by atoms with E-state index in [4.69, 9.17) is 15.3 Å². The molecule has 1 atom stereocenters. The van der Waals surface area contributed by atoms with Gasteiger partial charge in [0.25, 0.3) is 0 Å². The predicted molar refractivity (Wildman–Crippen MR) is 65.6 cm³/mol. The molecule has 0 amide bonds. The minimum Gasteiger partial charge on any atom is -1.00 e. The number of aliphatic carboxylic acids is 4. The van der Waals surface area contributed by atoms with Crippen molar-refractivity contribution in [3.63, 3.8) is 0 Å². The van der Waals surface area contributed by atoms with E-state index in [0.717, 1.165) is 6.92 Å². The fourth-order valence-electron chi connectivity index (χ4n) is 2.02. The number of quaternary nitrogens is 1. The zero-order valence-corrected chi connectivity index (χ0v) is 20.1. The topological polar surface area (TPSA) is 204 Å². The largest absolute Gasteiger partial charge is 1.00 e. The van der Waals surface area contributed by atoms with Crippen LogP contribution in [0, 0.1) is 0 Å². The monoisotopic (exact) mass is 380 g/mol. The van der Waals surface area contributed by atoms with Gasteiger partial charge in [-0.15, -0.1) is 0 Å². The molecule has 0 aromatic heterocycles. The maximum absolute atomic E-state index is 11.4. The van der Waals surface area contributed by atoms with Crippen molar-refractivity contribution in [1.82, 2.24) is 6.15 Å². The molecule has 0 aliphatic rings. The van der Waals surface area contributed by atoms with Gasteiger partial charge in [-0.1, -0.05) is 0 Å². The molecule has 0 aliphatic heterocycles. The van der Waals surface area contributed by atoms with E-state index in [2.05, 4.69) is 0 Å². The molecular weight excluding hydrogens is 361 g/mol. The summed E-state index contributed by atoms with van der Waals surface area (Å²) in [7, 11) is 0. The molecule has 0 fully saturated rings. The summed E-state index contributed by atoms with van der Waals surface area (Å²) in [5.74, 6) is -8.03. The van der Waals surface area contributed by atoms with Crippen molar-refractivity contribution in [1.29, 1.82) is 0 Å². The minimum absolute atomic E-state index is 0. The molecule has 24 heavy (non-hydrogen) atoms. The number of carbonyl (C=O) groups is 5. The Morgan fingerprint density at radius 1 is 0.875 bits per heavy atom. The third kappa shape index (κ3) is 11.9. The van der Waals surface area contributed by atoms with Gasteiger partial charge in [0.2, 0.25) is 0 Å². The Morgan fingerprint density at radius 2 is 1.12 bits per heavy atom. The molecular formula is C10H19N2Na3O9. The zero-order valence-electron chi connectivity index (χ0n) is 17.1. The quantitative estimate of drug-likeness (QED) is 0.169. The first-order valence-corrected chi connectivity index (χ1v) is 5.24. The SMILES string of the molecule is CC(=O)C(C(=O)[O-])[N+](CC(=O)O)(CC(=O)O)CC(=O)O.N.[H-].[H-].[H-].[Na+].[Na+].[Na+]. The summed E-state index contributed by atoms with van der Waals surface area (Å²) < 4.78 is -1.49. The summed E-state index contributed by atoms with van der Waals surface area (Å²) in [6, 6.07) is -2.20. The number of Topliss-reactive ketones (excluding diaryl/α,β-unsaturated/α-hetero) is 1. The number of carbonyl (C=O) groups excluding carboxylic acids is 2. The Hall–Kier alpha value is 0.470. The Labute approximate surface area is 208 Å². The second-order valence-electron chi connectivity index (χ2n) is 4.21. The van der Waals surface area contributed by atoms with Crippen molar-refractivity contribution in [2.45, 2.75) is 13.0 Å². The summed E-state index contributed by atoms with van der Waals surface area (Å²) in [5, 5.41) is 37.3. The van der Waals surface area contributed by atoms with E-state index in [1.54, 1.807) is 0 Å². The smallest absolute Gasteiger partial charge is 1.00 e. The van der Waals surface area contributed by atoms with Crippen LogP contribution in [-0.2, 0) is 24.0 Å². The summed E-state index contributed by atoms with van der Waals surface area (Å²) in [6.45, 7) is -2.68. The van der Waals surface area contributed by atoms with Gasteiger partial charge < -0.3 is 35.7 Å². The normalized spacial score (nSPS) is 10.4. The van der Waals surface area contributed by atoms with E-state index >= 15 is 0 Å². The predicted octanol–water partition coefficient (Wildman–Crippen LogP) is -11.7. The van der Waals surface area contributed by atoms with Gasteiger partial charge in [0.05, 0.1) is 0 Å². The van der Waals surface area contributed by atoms with Gasteiger partial charge in [-0.2, -0.15) is 0 Å². The average molecular weight is 380 g/mol. The van der Waals surface area contributed by atoms with Gasteiger partial charge in [-0.25, -0.2) is 14.4 Å². The molecule has 0 heterocycles. The van der Waals surface area contributed by atoms with Gasteiger partial charge in [0, 0.05) is 6.92 Å². The first kappa shape index (κ1) is 35.6. The molecule has 11 nitrogen and oxygen atoms in total. The number of hydrogen-bond acceptors (Lipinski definition) is 7. The van der Waals surface area contributed by atoms with Crippen LogP contribution in [0.4, 0.5) is 0 Å². The van der Waals surface area contributed by atoms with Crippen molar-refractivity contribution < 1.29 is 142 Å². The van der Waals surface area contributed by atoms with E-state index in [0.29, 0.717) is 0 Å². The summed E-state index contributed by atoms with van der Waals surface area (Å²) in [4.78, 5) is 54.8. The first-order chi connectivity index (χ1) is 9.01. The third-order valence-electron chi connectivity index (χ3n) is 2.51. The van der Waals surface area contributed by atoms with Gasteiger partial charge in [-0.05, 0) is 0 Å². The zero-order chi connectivity index (χ0) is 16.1. The van der Waals surface area contributed by atoms with Crippen LogP contribution in [0.3, 0.4) is 0 Å². The molecule has 6 N–H and O–H groups in total. The fourth-order valence-corrected chi connectivity index (χ4v) is 2.02. The van der Waals surface area contributed by atoms with Gasteiger partial charge >= 0.3 is 107 Å². The van der Waals surface area contributed by atoms with Crippen molar-refractivity contribution in [3.8, 4) is 0 Å². The Bertz CT molecular complexity index is 431. The van der Waals surface area contributed by atoms with Crippen molar-refractivity contribution in [2.75, 3.05) is 19.6 Å². The number of rotatable bonds is 9. The molecule has 0 rings (SSSR count). The summed E-state index contributed by atoms with van der Waals surface area (Å²) in [5.41, 5.74) is 0. The third-order valence-corrected chi connectivity index (χ3v) is 2.51. The van der Waals surface area contributed by atoms with Crippen LogP contribution in [0.25, 0.3) is 0 Å². The number of carboxylic acids is 4. The average Bonchev–Trinajstić information content (AvgIpc) is 2.10. The van der Waals surface area contributed by atoms with Crippen molar-refractivity contribution in [3.05, 3.63) is 0 Å². The Kier molecular flexibility index (Phi) is 23.3. The molecule has 0 spiro atoms. The molecule has 0 aromatic rings. The second kappa shape index (κ2) is 15.7. The van der Waals surface area contributed by atoms with Crippen LogP contribution in [0.2, 0.25) is 0 Å². The van der Waals surface area contributed by atoms with Crippen LogP contribution in [-0.4, -0.2) is 75.1 Å². The van der Waals surface area contributed by atoms with Crippen LogP contribution < -0.4 is 99.9 Å². The van der Waals surface area contributed by atoms with Crippen LogP contribution in [0.1, 0.15) is 11.2 Å². The van der Waals surface area contributed by atoms with E-state index in [1.807, 2.05) is 0 Å². The molecule has 0 radical (unpaired) electrons. The van der Waals surface area contributed by atoms with E-state index < -0.39 is 59.8 Å².